The summed E-state index contributed by atoms with van der Waals surface area (Å²) < 4.78 is 0. The standard InChI is InChI=1S/C12H13N3O.ClH/c1-8(14)12(16)11(15)6-9-3-2-4-10(5-9)7-13;/h2-5,8,15H,6,14H2,1H3;1H/t8-;/m0./s1. The van der Waals surface area contributed by atoms with Gasteiger partial charge in [0.25, 0.3) is 0 Å². The predicted octanol–water partition coefficient (Wildman–Crippen LogP) is 1.46. The molecule has 0 aliphatic heterocycles. The largest absolute Gasteiger partial charge is 0.321 e. The Morgan fingerprint density at radius 3 is 2.76 bits per heavy atom. The van der Waals surface area contributed by atoms with Crippen LogP contribution in [0.25, 0.3) is 0 Å². The molecule has 3 N–H and O–H groups in total. The normalized spacial score (nSPS) is 10.9. The fourth-order valence-corrected chi connectivity index (χ4v) is 1.32. The van der Waals surface area contributed by atoms with E-state index in [0.29, 0.717) is 5.56 Å². The molecule has 90 valence electrons. The van der Waals surface area contributed by atoms with Gasteiger partial charge in [0.1, 0.15) is 0 Å². The topological polar surface area (TPSA) is 90.7 Å². The van der Waals surface area contributed by atoms with Gasteiger partial charge in [0.15, 0.2) is 5.78 Å². The second-order valence-electron chi connectivity index (χ2n) is 3.62. The SMILES string of the molecule is C[C@H](N)C(=O)C(=N)Cc1cccc(C#N)c1.Cl. The van der Waals surface area contributed by atoms with Crippen molar-refractivity contribution in [3.8, 4) is 6.07 Å². The number of carbonyl (C=O) groups excluding carboxylic acids is 1. The Hall–Kier alpha value is -1.70. The lowest BCUT2D eigenvalue weighted by Crippen LogP contribution is -2.33. The van der Waals surface area contributed by atoms with Crippen LogP contribution in [0.2, 0.25) is 0 Å². The van der Waals surface area contributed by atoms with E-state index in [4.69, 9.17) is 16.4 Å². The van der Waals surface area contributed by atoms with Gasteiger partial charge < -0.3 is 11.1 Å². The van der Waals surface area contributed by atoms with E-state index < -0.39 is 6.04 Å². The third-order valence-corrected chi connectivity index (χ3v) is 2.15. The van der Waals surface area contributed by atoms with Crippen LogP contribution in [0.15, 0.2) is 24.3 Å². The molecular formula is C12H14ClN3O. The molecule has 0 radical (unpaired) electrons. The highest BCUT2D eigenvalue weighted by Gasteiger charge is 2.14. The summed E-state index contributed by atoms with van der Waals surface area (Å²) in [5.41, 5.74) is 6.68. The monoisotopic (exact) mass is 251 g/mol. The maximum Gasteiger partial charge on any atom is 0.192 e. The lowest BCUT2D eigenvalue weighted by atomic mass is 10.0. The number of nitrogens with two attached hydrogens (primary N) is 1. The van der Waals surface area contributed by atoms with E-state index in [9.17, 15) is 4.79 Å². The second-order valence-corrected chi connectivity index (χ2v) is 3.62. The summed E-state index contributed by atoms with van der Waals surface area (Å²) in [5, 5.41) is 16.3. The Labute approximate surface area is 106 Å². The van der Waals surface area contributed by atoms with E-state index in [-0.39, 0.29) is 30.3 Å². The van der Waals surface area contributed by atoms with Gasteiger partial charge in [-0.2, -0.15) is 5.26 Å². The highest BCUT2D eigenvalue weighted by Crippen LogP contribution is 2.06. The van der Waals surface area contributed by atoms with Crippen LogP contribution in [0.4, 0.5) is 0 Å². The zero-order chi connectivity index (χ0) is 12.1. The maximum atomic E-state index is 11.4. The number of halogens is 1. The van der Waals surface area contributed by atoms with Crippen molar-refractivity contribution in [2.24, 2.45) is 5.73 Å². The van der Waals surface area contributed by atoms with Crippen molar-refractivity contribution < 1.29 is 4.79 Å². The van der Waals surface area contributed by atoms with Crippen LogP contribution in [0.5, 0.6) is 0 Å². The van der Waals surface area contributed by atoms with E-state index >= 15 is 0 Å². The van der Waals surface area contributed by atoms with Gasteiger partial charge in [-0.05, 0) is 24.6 Å². The average Bonchev–Trinajstić information content (AvgIpc) is 2.28. The van der Waals surface area contributed by atoms with E-state index in [1.807, 2.05) is 6.07 Å². The van der Waals surface area contributed by atoms with Gasteiger partial charge >= 0.3 is 0 Å². The number of Topliss-reactive ketones (excluding diaryl/α,β-unsaturated/α-hetero) is 1. The number of nitriles is 1. The fraction of sp³-hybridized carbons (Fsp3) is 0.250. The summed E-state index contributed by atoms with van der Waals surface area (Å²) in [4.78, 5) is 11.4. The molecule has 1 aromatic carbocycles. The van der Waals surface area contributed by atoms with Crippen LogP contribution in [0.3, 0.4) is 0 Å². The summed E-state index contributed by atoms with van der Waals surface area (Å²) >= 11 is 0. The van der Waals surface area contributed by atoms with E-state index in [1.165, 1.54) is 0 Å². The Morgan fingerprint density at radius 1 is 1.59 bits per heavy atom. The summed E-state index contributed by atoms with van der Waals surface area (Å²) in [5.74, 6) is -0.359. The van der Waals surface area contributed by atoms with Crippen molar-refractivity contribution in [2.75, 3.05) is 0 Å². The number of carbonyl (C=O) groups is 1. The van der Waals surface area contributed by atoms with Crippen LogP contribution in [-0.4, -0.2) is 17.5 Å². The summed E-state index contributed by atoms with van der Waals surface area (Å²) in [6.07, 6.45) is 0.218. The Bertz CT molecular complexity index is 463. The average molecular weight is 252 g/mol. The maximum absolute atomic E-state index is 11.4. The summed E-state index contributed by atoms with van der Waals surface area (Å²) in [6, 6.07) is 8.23. The van der Waals surface area contributed by atoms with Gasteiger partial charge in [-0.1, -0.05) is 12.1 Å². The van der Waals surface area contributed by atoms with E-state index in [1.54, 1.807) is 31.2 Å². The molecule has 1 rings (SSSR count). The number of benzene rings is 1. The fourth-order valence-electron chi connectivity index (χ4n) is 1.32. The second kappa shape index (κ2) is 6.79. The summed E-state index contributed by atoms with van der Waals surface area (Å²) in [6.45, 7) is 1.56. The molecule has 1 atom stereocenters. The molecule has 0 bridgehead atoms. The minimum Gasteiger partial charge on any atom is -0.321 e. The lowest BCUT2D eigenvalue weighted by Gasteiger charge is -2.06. The molecule has 0 spiro atoms. The number of nitrogens with one attached hydrogen (secondary N) is 1. The highest BCUT2D eigenvalue weighted by molar-refractivity contribution is 6.40. The molecule has 0 aromatic heterocycles. The smallest absolute Gasteiger partial charge is 0.192 e. The molecule has 0 amide bonds. The molecule has 0 saturated carbocycles. The number of ketones is 1. The molecule has 0 saturated heterocycles. The molecule has 4 nitrogen and oxygen atoms in total. The first-order chi connectivity index (χ1) is 7.54. The minimum atomic E-state index is -0.647. The first-order valence-corrected chi connectivity index (χ1v) is 4.91. The number of rotatable bonds is 4. The van der Waals surface area contributed by atoms with Gasteiger partial charge in [0.05, 0.1) is 23.4 Å². The van der Waals surface area contributed by atoms with Gasteiger partial charge in [-0.15, -0.1) is 12.4 Å². The van der Waals surface area contributed by atoms with Crippen molar-refractivity contribution in [3.63, 3.8) is 0 Å². The minimum absolute atomic E-state index is 0. The first kappa shape index (κ1) is 15.3. The van der Waals surface area contributed by atoms with E-state index in [0.717, 1.165) is 5.56 Å². The zero-order valence-corrected chi connectivity index (χ0v) is 10.3. The zero-order valence-electron chi connectivity index (χ0n) is 9.43. The van der Waals surface area contributed by atoms with Crippen LogP contribution in [0, 0.1) is 16.7 Å². The molecule has 5 heteroatoms. The molecule has 0 fully saturated rings. The van der Waals surface area contributed by atoms with Crippen molar-refractivity contribution in [1.82, 2.24) is 0 Å². The number of nitrogens with zero attached hydrogens (tertiary/aromatic N) is 1. The Morgan fingerprint density at radius 2 is 2.24 bits per heavy atom. The van der Waals surface area contributed by atoms with Crippen molar-refractivity contribution in [2.45, 2.75) is 19.4 Å². The van der Waals surface area contributed by atoms with Gasteiger partial charge in [0, 0.05) is 6.42 Å². The van der Waals surface area contributed by atoms with Crippen LogP contribution >= 0.6 is 12.4 Å². The Kier molecular flexibility index (Phi) is 6.11. The van der Waals surface area contributed by atoms with Gasteiger partial charge in [0.2, 0.25) is 0 Å². The molecule has 1 aromatic rings. The third-order valence-electron chi connectivity index (χ3n) is 2.15. The van der Waals surface area contributed by atoms with Crippen LogP contribution in [0.1, 0.15) is 18.1 Å². The predicted molar refractivity (Wildman–Crippen MR) is 68.5 cm³/mol. The molecule has 0 aliphatic rings. The van der Waals surface area contributed by atoms with Gasteiger partial charge in [-0.25, -0.2) is 0 Å². The number of hydrogen-bond donors (Lipinski definition) is 2. The molecular weight excluding hydrogens is 238 g/mol. The quantitative estimate of drug-likeness (QED) is 0.794. The Balaban J connectivity index is 0.00000256. The van der Waals surface area contributed by atoms with Crippen LogP contribution < -0.4 is 5.73 Å². The summed E-state index contributed by atoms with van der Waals surface area (Å²) in [7, 11) is 0. The van der Waals surface area contributed by atoms with Crippen molar-refractivity contribution >= 4 is 23.9 Å². The van der Waals surface area contributed by atoms with Gasteiger partial charge in [-0.3, -0.25) is 4.79 Å². The molecule has 0 aliphatic carbocycles. The van der Waals surface area contributed by atoms with E-state index in [2.05, 4.69) is 0 Å². The van der Waals surface area contributed by atoms with Crippen LogP contribution in [-0.2, 0) is 11.2 Å². The first-order valence-electron chi connectivity index (χ1n) is 4.91. The third kappa shape index (κ3) is 4.35. The highest BCUT2D eigenvalue weighted by atomic mass is 35.5. The molecule has 0 heterocycles. The molecule has 17 heavy (non-hydrogen) atoms. The number of hydrogen-bond acceptors (Lipinski definition) is 4. The van der Waals surface area contributed by atoms with Crippen molar-refractivity contribution in [1.29, 1.82) is 10.7 Å². The lowest BCUT2D eigenvalue weighted by molar-refractivity contribution is -0.113. The molecule has 0 unspecified atom stereocenters. The van der Waals surface area contributed by atoms with Crippen molar-refractivity contribution in [3.05, 3.63) is 35.4 Å².